The van der Waals surface area contributed by atoms with Gasteiger partial charge in [0.05, 0.1) is 6.61 Å². The molecule has 2 aliphatic heterocycles. The molecule has 2 rings (SSSR count). The molecule has 0 spiro atoms. The number of piperidine rings is 1. The number of nitrogens with two attached hydrogens (primary N) is 1. The Morgan fingerprint density at radius 2 is 2.00 bits per heavy atom. The van der Waals surface area contributed by atoms with Crippen LogP contribution in [0.4, 0.5) is 0 Å². The summed E-state index contributed by atoms with van der Waals surface area (Å²) in [6.45, 7) is 0.328. The molecule has 4 nitrogen and oxygen atoms in total. The molecule has 2 fully saturated rings. The van der Waals surface area contributed by atoms with Gasteiger partial charge >= 0.3 is 0 Å². The fourth-order valence-corrected chi connectivity index (χ4v) is 2.92. The van der Waals surface area contributed by atoms with E-state index in [4.69, 9.17) is 10.5 Å². The van der Waals surface area contributed by atoms with Crippen LogP contribution in [0.5, 0.6) is 0 Å². The topological polar surface area (TPSA) is 55.6 Å². The van der Waals surface area contributed by atoms with Gasteiger partial charge in [-0.2, -0.15) is 0 Å². The highest BCUT2D eigenvalue weighted by Gasteiger charge is 2.40. The number of rotatable bonds is 3. The third-order valence-corrected chi connectivity index (χ3v) is 3.61. The van der Waals surface area contributed by atoms with E-state index in [-0.39, 0.29) is 5.91 Å². The molecule has 0 aromatic carbocycles. The minimum Gasteiger partial charge on any atom is -0.383 e. The lowest BCUT2D eigenvalue weighted by molar-refractivity contribution is -0.138. The first-order chi connectivity index (χ1) is 7.24. The second-order valence-electron chi connectivity index (χ2n) is 4.62. The Kier molecular flexibility index (Phi) is 3.26. The van der Waals surface area contributed by atoms with E-state index >= 15 is 0 Å². The molecule has 4 heteroatoms. The maximum absolute atomic E-state index is 12.1. The smallest absolute Gasteiger partial charge is 0.242 e. The van der Waals surface area contributed by atoms with Crippen molar-refractivity contribution in [2.24, 2.45) is 5.73 Å². The van der Waals surface area contributed by atoms with Crippen LogP contribution in [0.25, 0.3) is 0 Å². The summed E-state index contributed by atoms with van der Waals surface area (Å²) in [6.07, 6.45) is 5.90. The van der Waals surface area contributed by atoms with E-state index < -0.39 is 6.04 Å². The fourth-order valence-electron chi connectivity index (χ4n) is 2.92. The standard InChI is InChI=1S/C11H20N2O2/c1-15-7-10(12)11(14)13-8-3-2-4-9(13)6-5-8/h8-10H,2-7,12H2,1H3. The minimum atomic E-state index is -0.476. The Balaban J connectivity index is 2.00. The summed E-state index contributed by atoms with van der Waals surface area (Å²) in [7, 11) is 1.58. The van der Waals surface area contributed by atoms with Crippen LogP contribution in [0.1, 0.15) is 32.1 Å². The Bertz CT molecular complexity index is 229. The molecule has 3 atom stereocenters. The highest BCUT2D eigenvalue weighted by atomic mass is 16.5. The molecule has 3 unspecified atom stereocenters. The number of fused-ring (bicyclic) bond motifs is 2. The molecule has 2 bridgehead atoms. The number of nitrogens with zero attached hydrogens (tertiary/aromatic N) is 1. The van der Waals surface area contributed by atoms with E-state index in [0.717, 1.165) is 25.7 Å². The van der Waals surface area contributed by atoms with Crippen molar-refractivity contribution in [1.82, 2.24) is 4.90 Å². The summed E-state index contributed by atoms with van der Waals surface area (Å²) < 4.78 is 4.93. The van der Waals surface area contributed by atoms with Gasteiger partial charge in [0.1, 0.15) is 6.04 Å². The van der Waals surface area contributed by atoms with Gasteiger partial charge in [0.2, 0.25) is 5.91 Å². The fraction of sp³-hybridized carbons (Fsp3) is 0.909. The summed E-state index contributed by atoms with van der Waals surface area (Å²) in [4.78, 5) is 14.1. The van der Waals surface area contributed by atoms with E-state index in [1.165, 1.54) is 6.42 Å². The van der Waals surface area contributed by atoms with Gasteiger partial charge in [0, 0.05) is 19.2 Å². The zero-order chi connectivity index (χ0) is 10.8. The highest BCUT2D eigenvalue weighted by molar-refractivity contribution is 5.82. The Labute approximate surface area is 90.8 Å². The van der Waals surface area contributed by atoms with E-state index in [2.05, 4.69) is 0 Å². The molecule has 2 saturated heterocycles. The summed E-state index contributed by atoms with van der Waals surface area (Å²) in [5.41, 5.74) is 5.79. The van der Waals surface area contributed by atoms with Crippen LogP contribution in [-0.4, -0.2) is 42.6 Å². The van der Waals surface area contributed by atoms with Crippen molar-refractivity contribution in [3.8, 4) is 0 Å². The molecule has 86 valence electrons. The van der Waals surface area contributed by atoms with E-state index in [1.54, 1.807) is 7.11 Å². The van der Waals surface area contributed by atoms with Crippen molar-refractivity contribution in [3.63, 3.8) is 0 Å². The number of methoxy groups -OCH3 is 1. The zero-order valence-electron chi connectivity index (χ0n) is 9.32. The molecule has 1 amide bonds. The third-order valence-electron chi connectivity index (χ3n) is 3.61. The molecular weight excluding hydrogens is 192 g/mol. The lowest BCUT2D eigenvalue weighted by Gasteiger charge is -2.36. The largest absolute Gasteiger partial charge is 0.383 e. The summed E-state index contributed by atoms with van der Waals surface area (Å²) in [6, 6.07) is 0.439. The third kappa shape index (κ3) is 2.01. The van der Waals surface area contributed by atoms with E-state index in [1.807, 2.05) is 4.90 Å². The predicted molar refractivity (Wildman–Crippen MR) is 57.4 cm³/mol. The average Bonchev–Trinajstić information content (AvgIpc) is 2.47. The highest BCUT2D eigenvalue weighted by Crippen LogP contribution is 2.35. The van der Waals surface area contributed by atoms with Gasteiger partial charge in [-0.1, -0.05) is 0 Å². The first-order valence-electron chi connectivity index (χ1n) is 5.80. The van der Waals surface area contributed by atoms with Crippen molar-refractivity contribution in [3.05, 3.63) is 0 Å². The molecule has 2 heterocycles. The van der Waals surface area contributed by atoms with E-state index in [9.17, 15) is 4.79 Å². The molecule has 15 heavy (non-hydrogen) atoms. The molecular formula is C11H20N2O2. The van der Waals surface area contributed by atoms with Crippen LogP contribution in [0, 0.1) is 0 Å². The number of hydrogen-bond acceptors (Lipinski definition) is 3. The Morgan fingerprint density at radius 3 is 2.53 bits per heavy atom. The molecule has 2 N–H and O–H groups in total. The molecule has 0 saturated carbocycles. The summed E-state index contributed by atoms with van der Waals surface area (Å²) in [5.74, 6) is 0.0871. The Hall–Kier alpha value is -0.610. The first-order valence-corrected chi connectivity index (χ1v) is 5.80. The van der Waals surface area contributed by atoms with Gasteiger partial charge in [-0.25, -0.2) is 0 Å². The van der Waals surface area contributed by atoms with Gasteiger partial charge in [0.15, 0.2) is 0 Å². The first kappa shape index (κ1) is 10.9. The van der Waals surface area contributed by atoms with Gasteiger partial charge in [0.25, 0.3) is 0 Å². The van der Waals surface area contributed by atoms with Crippen LogP contribution in [0.2, 0.25) is 0 Å². The quantitative estimate of drug-likeness (QED) is 0.741. The monoisotopic (exact) mass is 212 g/mol. The van der Waals surface area contributed by atoms with Gasteiger partial charge < -0.3 is 15.4 Å². The zero-order valence-corrected chi connectivity index (χ0v) is 9.32. The number of carbonyl (C=O) groups excluding carboxylic acids is 1. The van der Waals surface area contributed by atoms with Crippen molar-refractivity contribution >= 4 is 5.91 Å². The Morgan fingerprint density at radius 1 is 1.40 bits per heavy atom. The summed E-state index contributed by atoms with van der Waals surface area (Å²) >= 11 is 0. The lowest BCUT2D eigenvalue weighted by Crippen LogP contribution is -2.52. The SMILES string of the molecule is COCC(N)C(=O)N1C2CCCC1CC2. The van der Waals surface area contributed by atoms with Crippen LogP contribution in [-0.2, 0) is 9.53 Å². The van der Waals surface area contributed by atoms with Crippen LogP contribution < -0.4 is 5.73 Å². The maximum Gasteiger partial charge on any atom is 0.242 e. The van der Waals surface area contributed by atoms with Crippen LogP contribution in [0.15, 0.2) is 0 Å². The molecule has 0 aromatic heterocycles. The van der Waals surface area contributed by atoms with Gasteiger partial charge in [-0.15, -0.1) is 0 Å². The predicted octanol–water partition coefficient (Wildman–Crippen LogP) is 0.504. The van der Waals surface area contributed by atoms with E-state index in [0.29, 0.717) is 18.7 Å². The molecule has 0 aliphatic carbocycles. The molecule has 2 aliphatic rings. The van der Waals surface area contributed by atoms with Crippen molar-refractivity contribution in [2.75, 3.05) is 13.7 Å². The van der Waals surface area contributed by atoms with Gasteiger partial charge in [-0.05, 0) is 32.1 Å². The number of hydrogen-bond donors (Lipinski definition) is 1. The normalized spacial score (nSPS) is 31.7. The second kappa shape index (κ2) is 4.49. The van der Waals surface area contributed by atoms with Crippen molar-refractivity contribution in [1.29, 1.82) is 0 Å². The second-order valence-corrected chi connectivity index (χ2v) is 4.62. The maximum atomic E-state index is 12.1. The minimum absolute atomic E-state index is 0.0871. The lowest BCUT2D eigenvalue weighted by atomic mass is 10.0. The molecule has 0 radical (unpaired) electrons. The van der Waals surface area contributed by atoms with Crippen molar-refractivity contribution < 1.29 is 9.53 Å². The number of ether oxygens (including phenoxy) is 1. The van der Waals surface area contributed by atoms with Crippen molar-refractivity contribution in [2.45, 2.75) is 50.2 Å². The number of carbonyl (C=O) groups is 1. The molecule has 0 aromatic rings. The van der Waals surface area contributed by atoms with Crippen LogP contribution in [0.3, 0.4) is 0 Å². The average molecular weight is 212 g/mol. The summed E-state index contributed by atoms with van der Waals surface area (Å²) in [5, 5.41) is 0. The number of amides is 1. The van der Waals surface area contributed by atoms with Crippen LogP contribution >= 0.6 is 0 Å². The van der Waals surface area contributed by atoms with Gasteiger partial charge in [-0.3, -0.25) is 4.79 Å².